The Kier molecular flexibility index (Phi) is 16.8. The molecule has 0 spiro atoms. The number of rotatable bonds is 7. The molecule has 108 valence electrons. The third-order valence-electron chi connectivity index (χ3n) is 2.30. The fourth-order valence-corrected chi connectivity index (χ4v) is 0.805. The van der Waals surface area contributed by atoms with Crippen LogP contribution in [-0.4, -0.2) is 41.2 Å². The number of hydrogen-bond donors (Lipinski definition) is 3. The van der Waals surface area contributed by atoms with Crippen molar-refractivity contribution in [3.8, 4) is 0 Å². The molecule has 2 atom stereocenters. The van der Waals surface area contributed by atoms with Crippen molar-refractivity contribution in [1.29, 1.82) is 0 Å². The van der Waals surface area contributed by atoms with Crippen molar-refractivity contribution in [3.63, 3.8) is 0 Å². The van der Waals surface area contributed by atoms with Gasteiger partial charge in [-0.3, -0.25) is 14.4 Å². The molecule has 0 aliphatic heterocycles. The Morgan fingerprint density at radius 2 is 1.94 bits per heavy atom. The largest absolute Gasteiger partial charge is 0.870 e. The van der Waals surface area contributed by atoms with E-state index in [-0.39, 0.29) is 17.2 Å². The highest BCUT2D eigenvalue weighted by Gasteiger charge is 2.09. The first-order chi connectivity index (χ1) is 7.90. The molecular formula is C11H24N2O5. The van der Waals surface area contributed by atoms with Gasteiger partial charge in [0.15, 0.2) is 12.1 Å². The van der Waals surface area contributed by atoms with Crippen LogP contribution < -0.4 is 11.5 Å². The van der Waals surface area contributed by atoms with Crippen LogP contribution in [0.15, 0.2) is 0 Å². The third-order valence-corrected chi connectivity index (χ3v) is 2.30. The summed E-state index contributed by atoms with van der Waals surface area (Å²) < 4.78 is 0. The van der Waals surface area contributed by atoms with E-state index in [1.165, 1.54) is 0 Å². The molecule has 0 radical (unpaired) electrons. The zero-order valence-electron chi connectivity index (χ0n) is 11.0. The molecule has 0 amide bonds. The highest BCUT2D eigenvalue weighted by Crippen LogP contribution is 1.98. The molecule has 0 fully saturated rings. The number of Topliss-reactive ketones (excluding diaryl/α,β-unsaturated/α-hetero) is 1. The average molecular weight is 264 g/mol. The lowest BCUT2D eigenvalue weighted by atomic mass is 10.1. The van der Waals surface area contributed by atoms with Crippen LogP contribution in [0, 0.1) is 5.92 Å². The van der Waals surface area contributed by atoms with Crippen LogP contribution in [0.1, 0.15) is 33.1 Å². The molecule has 0 aromatic rings. The van der Waals surface area contributed by atoms with E-state index >= 15 is 0 Å². The van der Waals surface area contributed by atoms with Crippen molar-refractivity contribution in [3.05, 3.63) is 0 Å². The van der Waals surface area contributed by atoms with Gasteiger partial charge in [0, 0.05) is 5.92 Å². The molecule has 7 heteroatoms. The first-order valence-corrected chi connectivity index (χ1v) is 5.67. The molecule has 0 aromatic heterocycles. The molecule has 18 heavy (non-hydrogen) atoms. The minimum Gasteiger partial charge on any atom is -0.870 e. The normalized spacial score (nSPS) is 12.2. The molecule has 0 rings (SSSR count). The van der Waals surface area contributed by atoms with Gasteiger partial charge in [0.25, 0.3) is 0 Å². The minimum atomic E-state index is -0.927. The van der Waals surface area contributed by atoms with Gasteiger partial charge >= 0.3 is 5.97 Å². The number of carbonyl (C=O) groups is 3. The van der Waals surface area contributed by atoms with Gasteiger partial charge < -0.3 is 22.1 Å². The van der Waals surface area contributed by atoms with E-state index in [1.54, 1.807) is 6.92 Å². The van der Waals surface area contributed by atoms with Gasteiger partial charge in [-0.15, -0.1) is 0 Å². The molecule has 0 aromatic carbocycles. The number of nitrogens with two attached hydrogens (primary N) is 1. The molecule has 2 unspecified atom stereocenters. The summed E-state index contributed by atoms with van der Waals surface area (Å²) in [6.07, 6.45) is 2.44. The van der Waals surface area contributed by atoms with Crippen LogP contribution in [0.4, 0.5) is 0 Å². The van der Waals surface area contributed by atoms with Crippen LogP contribution in [0.2, 0.25) is 0 Å². The van der Waals surface area contributed by atoms with Crippen LogP contribution >= 0.6 is 0 Å². The number of aldehydes is 1. The quantitative estimate of drug-likeness (QED) is 0.397. The molecule has 0 heterocycles. The number of ketones is 1. The molecule has 0 saturated carbocycles. The molecule has 0 aliphatic rings. The second-order valence-corrected chi connectivity index (χ2v) is 3.77. The Balaban J connectivity index is -0.000000238. The molecule has 0 aliphatic carbocycles. The highest BCUT2D eigenvalue weighted by molar-refractivity contribution is 6.25. The van der Waals surface area contributed by atoms with Crippen molar-refractivity contribution in [2.24, 2.45) is 11.7 Å². The fraction of sp³-hybridized carbons (Fsp3) is 0.727. The summed E-state index contributed by atoms with van der Waals surface area (Å²) in [5.74, 6) is -1.32. The van der Waals surface area contributed by atoms with Crippen LogP contribution in [0.3, 0.4) is 0 Å². The van der Waals surface area contributed by atoms with Crippen LogP contribution in [0.25, 0.3) is 0 Å². The Morgan fingerprint density at radius 1 is 1.44 bits per heavy atom. The van der Waals surface area contributed by atoms with Crippen molar-refractivity contribution < 1.29 is 30.7 Å². The summed E-state index contributed by atoms with van der Waals surface area (Å²) in [4.78, 5) is 30.2. The van der Waals surface area contributed by atoms with E-state index in [4.69, 9.17) is 10.8 Å². The SMILES string of the molecule is CCC(C)C(=O)C=O.NC(CCC[NH3+])C(=O)O.[OH-]. The summed E-state index contributed by atoms with van der Waals surface area (Å²) >= 11 is 0. The maximum Gasteiger partial charge on any atom is 0.320 e. The van der Waals surface area contributed by atoms with Crippen molar-refractivity contribution >= 4 is 18.0 Å². The second-order valence-electron chi connectivity index (χ2n) is 3.77. The summed E-state index contributed by atoms with van der Waals surface area (Å²) in [7, 11) is 0. The fourth-order valence-electron chi connectivity index (χ4n) is 0.805. The van der Waals surface area contributed by atoms with Gasteiger partial charge in [-0.05, 0) is 19.3 Å². The predicted octanol–water partition coefficient (Wildman–Crippen LogP) is -0.956. The first kappa shape index (κ1) is 21.9. The highest BCUT2D eigenvalue weighted by atomic mass is 16.4. The smallest absolute Gasteiger partial charge is 0.320 e. The lowest BCUT2D eigenvalue weighted by molar-refractivity contribution is -0.368. The van der Waals surface area contributed by atoms with E-state index in [0.29, 0.717) is 12.7 Å². The van der Waals surface area contributed by atoms with Crippen LogP contribution in [-0.2, 0) is 14.4 Å². The number of quaternary nitrogens is 1. The van der Waals surface area contributed by atoms with Crippen LogP contribution in [0.5, 0.6) is 0 Å². The van der Waals surface area contributed by atoms with E-state index in [9.17, 15) is 14.4 Å². The summed E-state index contributed by atoms with van der Waals surface area (Å²) in [6, 6.07) is -0.702. The summed E-state index contributed by atoms with van der Waals surface area (Å²) in [5.41, 5.74) is 8.74. The molecule has 0 bridgehead atoms. The number of carboxylic acid groups (broad SMARTS) is 1. The maximum atomic E-state index is 10.4. The van der Waals surface area contributed by atoms with Crippen molar-refractivity contribution in [2.45, 2.75) is 39.2 Å². The molecular weight excluding hydrogens is 240 g/mol. The van der Waals surface area contributed by atoms with E-state index in [1.807, 2.05) is 6.92 Å². The maximum absolute atomic E-state index is 10.4. The van der Waals surface area contributed by atoms with Crippen molar-refractivity contribution in [2.75, 3.05) is 6.54 Å². The van der Waals surface area contributed by atoms with Gasteiger partial charge in [0.05, 0.1) is 6.54 Å². The molecule has 0 saturated heterocycles. The van der Waals surface area contributed by atoms with E-state index in [2.05, 4.69) is 5.73 Å². The van der Waals surface area contributed by atoms with Gasteiger partial charge in [0.1, 0.15) is 6.04 Å². The van der Waals surface area contributed by atoms with E-state index < -0.39 is 12.0 Å². The standard InChI is InChI=1S/C6H10O2.C5H12N2O2.H2O/c1-3-5(2)6(8)4-7;6-3-1-2-4(7)5(8)9;/h4-5H,3H2,1-2H3;4H,1-3,6-7H2,(H,8,9);1H2. The Labute approximate surface area is 107 Å². The van der Waals surface area contributed by atoms with E-state index in [0.717, 1.165) is 19.4 Å². The average Bonchev–Trinajstić information content (AvgIpc) is 2.34. The zero-order valence-corrected chi connectivity index (χ0v) is 11.0. The summed E-state index contributed by atoms with van der Waals surface area (Å²) in [5, 5.41) is 8.26. The second kappa shape index (κ2) is 13.8. The monoisotopic (exact) mass is 264 g/mol. The van der Waals surface area contributed by atoms with Gasteiger partial charge in [-0.1, -0.05) is 13.8 Å². The third kappa shape index (κ3) is 12.8. The Bertz CT molecular complexity index is 246. The number of carbonyl (C=O) groups excluding carboxylic acids is 2. The lowest BCUT2D eigenvalue weighted by Crippen LogP contribution is -2.50. The number of aliphatic carboxylic acids is 1. The minimum absolute atomic E-state index is 0. The Morgan fingerprint density at radius 3 is 2.17 bits per heavy atom. The summed E-state index contributed by atoms with van der Waals surface area (Å²) in [6.45, 7) is 4.38. The van der Waals surface area contributed by atoms with Gasteiger partial charge in [0.2, 0.25) is 0 Å². The molecule has 7 N–H and O–H groups in total. The Hall–Kier alpha value is -1.31. The predicted molar refractivity (Wildman–Crippen MR) is 65.1 cm³/mol. The van der Waals surface area contributed by atoms with Gasteiger partial charge in [-0.25, -0.2) is 0 Å². The zero-order chi connectivity index (χ0) is 13.8. The topological polar surface area (TPSA) is 155 Å². The number of hydrogen-bond acceptors (Lipinski definition) is 5. The molecule has 7 nitrogen and oxygen atoms in total. The number of carboxylic acids is 1. The van der Waals surface area contributed by atoms with Crippen molar-refractivity contribution in [1.82, 2.24) is 0 Å². The lowest BCUT2D eigenvalue weighted by Gasteiger charge is -2.01. The van der Waals surface area contributed by atoms with Gasteiger partial charge in [-0.2, -0.15) is 0 Å². The first-order valence-electron chi connectivity index (χ1n) is 5.67.